The topological polar surface area (TPSA) is 47.0 Å². The fourth-order valence-corrected chi connectivity index (χ4v) is 2.48. The minimum absolute atomic E-state index is 0.0645. The normalized spacial score (nSPS) is 12.8. The maximum Gasteiger partial charge on any atom is 0.159 e. The molecule has 0 aliphatic heterocycles. The Morgan fingerprint density at radius 3 is 2.42 bits per heavy atom. The van der Waals surface area contributed by atoms with Gasteiger partial charge in [0.05, 0.1) is 9.26 Å². The highest BCUT2D eigenvalue weighted by Gasteiger charge is 2.16. The molecule has 1 atom stereocenters. The van der Waals surface area contributed by atoms with Crippen molar-refractivity contribution in [3.63, 3.8) is 0 Å². The molecule has 1 aromatic rings. The van der Waals surface area contributed by atoms with Crippen molar-refractivity contribution in [3.8, 4) is 0 Å². The van der Waals surface area contributed by atoms with Crippen LogP contribution in [-0.2, 0) is 11.2 Å². The molecule has 4 nitrogen and oxygen atoms in total. The van der Waals surface area contributed by atoms with Crippen LogP contribution in [0.2, 0.25) is 0 Å². The van der Waals surface area contributed by atoms with Crippen LogP contribution in [-0.4, -0.2) is 23.1 Å². The van der Waals surface area contributed by atoms with E-state index >= 15 is 0 Å². The van der Waals surface area contributed by atoms with Crippen molar-refractivity contribution in [1.82, 2.24) is 9.97 Å². The Labute approximate surface area is 129 Å². The number of ether oxygens (including phenoxy) is 1. The monoisotopic (exact) mass is 377 g/mol. The number of hydrogen-bond acceptors (Lipinski definition) is 4. The Balaban J connectivity index is 3.14. The van der Waals surface area contributed by atoms with E-state index in [0.717, 1.165) is 33.9 Å². The minimum atomic E-state index is -0.0645. The molecule has 0 spiro atoms. The third-order valence-corrected chi connectivity index (χ3v) is 3.80. The van der Waals surface area contributed by atoms with Crippen LogP contribution in [0.3, 0.4) is 0 Å². The maximum atomic E-state index is 5.61. The molecule has 19 heavy (non-hydrogen) atoms. The molecule has 0 bridgehead atoms. The lowest BCUT2D eigenvalue weighted by Crippen LogP contribution is -2.14. The van der Waals surface area contributed by atoms with Crippen LogP contribution in [0.5, 0.6) is 0 Å². The van der Waals surface area contributed by atoms with E-state index in [1.54, 1.807) is 0 Å². The molecule has 0 aliphatic carbocycles. The first kappa shape index (κ1) is 16.6. The molecule has 0 aliphatic rings. The standard InChI is InChI=1S/C14H24IN3O/c1-6-16-14-12(15)11(8-9(3)4)17-13(18-14)10(5)19-7-2/h9-10H,6-8H2,1-5H3,(H,16,17,18). The van der Waals surface area contributed by atoms with E-state index in [2.05, 4.69) is 53.7 Å². The molecule has 1 aromatic heterocycles. The van der Waals surface area contributed by atoms with E-state index in [4.69, 9.17) is 9.72 Å². The number of aromatic nitrogens is 2. The van der Waals surface area contributed by atoms with E-state index in [-0.39, 0.29) is 6.10 Å². The van der Waals surface area contributed by atoms with Gasteiger partial charge >= 0.3 is 0 Å². The Kier molecular flexibility index (Phi) is 6.99. The van der Waals surface area contributed by atoms with Gasteiger partial charge in [0, 0.05) is 13.2 Å². The van der Waals surface area contributed by atoms with Crippen molar-refractivity contribution >= 4 is 28.4 Å². The van der Waals surface area contributed by atoms with E-state index in [0.29, 0.717) is 12.5 Å². The van der Waals surface area contributed by atoms with Gasteiger partial charge in [-0.1, -0.05) is 13.8 Å². The van der Waals surface area contributed by atoms with E-state index < -0.39 is 0 Å². The van der Waals surface area contributed by atoms with Crippen LogP contribution < -0.4 is 5.32 Å². The summed E-state index contributed by atoms with van der Waals surface area (Å²) in [4.78, 5) is 9.28. The average Bonchev–Trinajstić information content (AvgIpc) is 2.34. The smallest absolute Gasteiger partial charge is 0.159 e. The first-order chi connectivity index (χ1) is 8.99. The largest absolute Gasteiger partial charge is 0.371 e. The molecule has 0 saturated carbocycles. The van der Waals surface area contributed by atoms with Gasteiger partial charge < -0.3 is 10.1 Å². The van der Waals surface area contributed by atoms with Gasteiger partial charge in [-0.15, -0.1) is 0 Å². The Hall–Kier alpha value is -0.430. The van der Waals surface area contributed by atoms with Gasteiger partial charge in [0.2, 0.25) is 0 Å². The lowest BCUT2D eigenvalue weighted by Gasteiger charge is -2.16. The number of rotatable bonds is 7. The summed E-state index contributed by atoms with van der Waals surface area (Å²) in [5.74, 6) is 2.28. The third-order valence-electron chi connectivity index (χ3n) is 2.66. The molecule has 5 heteroatoms. The SMILES string of the molecule is CCNc1nc(C(C)OCC)nc(CC(C)C)c1I. The van der Waals surface area contributed by atoms with E-state index in [9.17, 15) is 0 Å². The average molecular weight is 377 g/mol. The summed E-state index contributed by atoms with van der Waals surface area (Å²) in [5.41, 5.74) is 1.11. The summed E-state index contributed by atoms with van der Waals surface area (Å²) in [6.07, 6.45) is 0.899. The second-order valence-electron chi connectivity index (χ2n) is 4.92. The Bertz CT molecular complexity index is 410. The fraction of sp³-hybridized carbons (Fsp3) is 0.714. The molecule has 0 fully saturated rings. The van der Waals surface area contributed by atoms with Crippen LogP contribution in [0.4, 0.5) is 5.82 Å². The molecule has 1 rings (SSSR count). The summed E-state index contributed by atoms with van der Waals surface area (Å²) in [6.45, 7) is 12.0. The third kappa shape index (κ3) is 4.87. The molecule has 0 aromatic carbocycles. The van der Waals surface area contributed by atoms with Gasteiger partial charge in [0.1, 0.15) is 11.9 Å². The van der Waals surface area contributed by atoms with Crippen molar-refractivity contribution in [1.29, 1.82) is 0 Å². The quantitative estimate of drug-likeness (QED) is 0.735. The van der Waals surface area contributed by atoms with Crippen LogP contribution in [0.25, 0.3) is 0 Å². The zero-order chi connectivity index (χ0) is 14.4. The van der Waals surface area contributed by atoms with Crippen molar-refractivity contribution < 1.29 is 4.74 Å². The number of nitrogens with zero attached hydrogens (tertiary/aromatic N) is 2. The minimum Gasteiger partial charge on any atom is -0.371 e. The zero-order valence-electron chi connectivity index (χ0n) is 12.5. The molecule has 0 saturated heterocycles. The first-order valence-corrected chi connectivity index (χ1v) is 7.99. The Morgan fingerprint density at radius 2 is 1.89 bits per heavy atom. The van der Waals surface area contributed by atoms with E-state index in [1.165, 1.54) is 0 Å². The lowest BCUT2D eigenvalue weighted by atomic mass is 10.1. The zero-order valence-corrected chi connectivity index (χ0v) is 14.6. The molecule has 1 N–H and O–H groups in total. The highest BCUT2D eigenvalue weighted by atomic mass is 127. The van der Waals surface area contributed by atoms with Gasteiger partial charge in [0.15, 0.2) is 5.82 Å². The summed E-state index contributed by atoms with van der Waals surface area (Å²) in [5, 5.41) is 3.31. The lowest BCUT2D eigenvalue weighted by molar-refractivity contribution is 0.0699. The van der Waals surface area contributed by atoms with Crippen molar-refractivity contribution in [2.75, 3.05) is 18.5 Å². The summed E-state index contributed by atoms with van der Waals surface area (Å²) in [6, 6.07) is 0. The van der Waals surface area contributed by atoms with Gasteiger partial charge in [-0.3, -0.25) is 0 Å². The number of nitrogens with one attached hydrogen (secondary N) is 1. The maximum absolute atomic E-state index is 5.61. The number of hydrogen-bond donors (Lipinski definition) is 1. The molecular formula is C14H24IN3O. The summed E-state index contributed by atoms with van der Waals surface area (Å²) in [7, 11) is 0. The molecular weight excluding hydrogens is 353 g/mol. The number of anilines is 1. The highest BCUT2D eigenvalue weighted by molar-refractivity contribution is 14.1. The van der Waals surface area contributed by atoms with Crippen LogP contribution in [0, 0.1) is 9.49 Å². The van der Waals surface area contributed by atoms with Crippen LogP contribution >= 0.6 is 22.6 Å². The van der Waals surface area contributed by atoms with Crippen molar-refractivity contribution in [3.05, 3.63) is 15.1 Å². The van der Waals surface area contributed by atoms with Crippen molar-refractivity contribution in [2.24, 2.45) is 5.92 Å². The van der Waals surface area contributed by atoms with Gasteiger partial charge in [0.25, 0.3) is 0 Å². The van der Waals surface area contributed by atoms with Crippen LogP contribution in [0.1, 0.15) is 52.2 Å². The summed E-state index contributed by atoms with van der Waals surface area (Å²) < 4.78 is 6.73. The predicted molar refractivity (Wildman–Crippen MR) is 87.5 cm³/mol. The Morgan fingerprint density at radius 1 is 1.21 bits per heavy atom. The van der Waals surface area contributed by atoms with E-state index in [1.807, 2.05) is 13.8 Å². The molecule has 108 valence electrons. The predicted octanol–water partition coefficient (Wildman–Crippen LogP) is 3.81. The van der Waals surface area contributed by atoms with Gasteiger partial charge in [-0.25, -0.2) is 9.97 Å². The van der Waals surface area contributed by atoms with Crippen LogP contribution in [0.15, 0.2) is 0 Å². The highest BCUT2D eigenvalue weighted by Crippen LogP contribution is 2.24. The second kappa shape index (κ2) is 7.99. The molecule has 0 amide bonds. The second-order valence-corrected chi connectivity index (χ2v) is 6.00. The van der Waals surface area contributed by atoms with Gasteiger partial charge in [-0.2, -0.15) is 0 Å². The molecule has 1 unspecified atom stereocenters. The molecule has 1 heterocycles. The molecule has 0 radical (unpaired) electrons. The summed E-state index contributed by atoms with van der Waals surface area (Å²) >= 11 is 2.33. The van der Waals surface area contributed by atoms with Crippen molar-refractivity contribution in [2.45, 2.75) is 47.1 Å². The first-order valence-electron chi connectivity index (χ1n) is 6.91. The van der Waals surface area contributed by atoms with Gasteiger partial charge in [-0.05, 0) is 55.7 Å². The fourth-order valence-electron chi connectivity index (χ4n) is 1.83. The number of halogens is 1.